The van der Waals surface area contributed by atoms with E-state index in [9.17, 15) is 15.0 Å². The van der Waals surface area contributed by atoms with Crippen LogP contribution in [-0.4, -0.2) is 40.3 Å². The maximum atomic E-state index is 12.4. The van der Waals surface area contributed by atoms with Gasteiger partial charge >= 0.3 is 0 Å². The van der Waals surface area contributed by atoms with Gasteiger partial charge in [0.25, 0.3) is 0 Å². The van der Waals surface area contributed by atoms with Crippen molar-refractivity contribution in [3.63, 3.8) is 0 Å². The molecule has 5 rings (SSSR count). The summed E-state index contributed by atoms with van der Waals surface area (Å²) < 4.78 is 5.90. The molecular weight excluding hydrogens is 270 g/mol. The average molecular weight is 287 g/mol. The van der Waals surface area contributed by atoms with E-state index in [0.29, 0.717) is 31.4 Å². The first-order chi connectivity index (χ1) is 10.1. The van der Waals surface area contributed by atoms with Gasteiger partial charge in [-0.15, -0.1) is 0 Å². The number of ketones is 1. The number of rotatable bonds is 0. The highest BCUT2D eigenvalue weighted by molar-refractivity contribution is 5.90. The highest BCUT2D eigenvalue weighted by atomic mass is 16.5. The number of phenols is 1. The van der Waals surface area contributed by atoms with Crippen LogP contribution in [0.4, 0.5) is 0 Å². The Bertz CT molecular complexity index is 687. The fourth-order valence-corrected chi connectivity index (χ4v) is 5.22. The molecule has 5 nitrogen and oxygen atoms in total. The minimum atomic E-state index is -0.962. The highest BCUT2D eigenvalue weighted by Gasteiger charge is 2.71. The Hall–Kier alpha value is -1.59. The summed E-state index contributed by atoms with van der Waals surface area (Å²) in [6.07, 6.45) is 1.54. The number of benzene rings is 1. The van der Waals surface area contributed by atoms with Crippen LogP contribution in [0.1, 0.15) is 30.4 Å². The predicted molar refractivity (Wildman–Crippen MR) is 73.5 cm³/mol. The zero-order chi connectivity index (χ0) is 14.4. The molecule has 2 aliphatic heterocycles. The zero-order valence-corrected chi connectivity index (χ0v) is 11.6. The van der Waals surface area contributed by atoms with E-state index in [-0.39, 0.29) is 17.6 Å². The quantitative estimate of drug-likeness (QED) is 0.644. The third-order valence-electron chi connectivity index (χ3n) is 6.08. The van der Waals surface area contributed by atoms with E-state index in [4.69, 9.17) is 4.74 Å². The molecule has 2 bridgehead atoms. The second-order valence-corrected chi connectivity index (χ2v) is 6.77. The number of carbonyl (C=O) groups excluding carboxylic acids is 1. The standard InChI is InChI=1S/C16H17NO4/c18-9-2-1-8-7-11-16(20)4-3-10(19)14-15(16,5-6-17-11)12(8)13(9)21-14/h1-2,11,14,17-18,20H,3-7H2/t11-,14?,15?,16-/m1/s1. The summed E-state index contributed by atoms with van der Waals surface area (Å²) >= 11 is 0. The van der Waals surface area contributed by atoms with Crippen molar-refractivity contribution in [3.05, 3.63) is 23.3 Å². The van der Waals surface area contributed by atoms with E-state index >= 15 is 0 Å². The van der Waals surface area contributed by atoms with Crippen LogP contribution in [0, 0.1) is 0 Å². The summed E-state index contributed by atoms with van der Waals surface area (Å²) in [6.45, 7) is 0.759. The summed E-state index contributed by atoms with van der Waals surface area (Å²) in [5, 5.41) is 25.0. The SMILES string of the molecule is O=C1CC[C@@]2(O)[C@H]3Cc4ccc(O)c5c4C2(CCN3)C1O5. The fourth-order valence-electron chi connectivity index (χ4n) is 5.22. The van der Waals surface area contributed by atoms with Crippen molar-refractivity contribution in [2.24, 2.45) is 0 Å². The molecule has 0 amide bonds. The Labute approximate surface area is 121 Å². The normalized spacial score (nSPS) is 42.4. The van der Waals surface area contributed by atoms with Gasteiger partial charge < -0.3 is 20.3 Å². The Morgan fingerprint density at radius 2 is 2.19 bits per heavy atom. The molecule has 1 spiro atoms. The third-order valence-corrected chi connectivity index (χ3v) is 6.08. The number of ether oxygens (including phenoxy) is 1. The Kier molecular flexibility index (Phi) is 1.95. The molecule has 2 heterocycles. The largest absolute Gasteiger partial charge is 0.504 e. The molecule has 0 radical (unpaired) electrons. The summed E-state index contributed by atoms with van der Waals surface area (Å²) in [4.78, 5) is 12.4. The van der Waals surface area contributed by atoms with Crippen molar-refractivity contribution in [2.45, 2.75) is 48.8 Å². The second kappa shape index (κ2) is 3.42. The molecule has 110 valence electrons. The maximum Gasteiger partial charge on any atom is 0.174 e. The number of nitrogens with one attached hydrogen (secondary N) is 1. The molecule has 0 aromatic heterocycles. The predicted octanol–water partition coefficient (Wildman–Crippen LogP) is 0.403. The Morgan fingerprint density at radius 1 is 1.33 bits per heavy atom. The summed E-state index contributed by atoms with van der Waals surface area (Å²) in [5.74, 6) is 0.542. The molecule has 1 saturated carbocycles. The molecule has 1 saturated heterocycles. The third kappa shape index (κ3) is 1.09. The van der Waals surface area contributed by atoms with Crippen molar-refractivity contribution >= 4 is 5.78 Å². The van der Waals surface area contributed by atoms with Gasteiger partial charge in [-0.05, 0) is 37.4 Å². The summed E-state index contributed by atoms with van der Waals surface area (Å²) in [6, 6.07) is 3.49. The van der Waals surface area contributed by atoms with E-state index < -0.39 is 17.1 Å². The molecular formula is C16H17NO4. The molecule has 2 aliphatic carbocycles. The lowest BCUT2D eigenvalue weighted by Gasteiger charge is -2.59. The number of aliphatic hydroxyl groups is 1. The molecule has 4 aliphatic rings. The van der Waals surface area contributed by atoms with Gasteiger partial charge in [-0.25, -0.2) is 0 Å². The van der Waals surface area contributed by atoms with Crippen molar-refractivity contribution in [1.82, 2.24) is 5.32 Å². The molecule has 3 N–H and O–H groups in total. The van der Waals surface area contributed by atoms with Gasteiger partial charge in [0, 0.05) is 18.0 Å². The fraction of sp³-hybridized carbons (Fsp3) is 0.562. The van der Waals surface area contributed by atoms with Crippen LogP contribution in [0.15, 0.2) is 12.1 Å². The topological polar surface area (TPSA) is 78.8 Å². The molecule has 2 unspecified atom stereocenters. The summed E-state index contributed by atoms with van der Waals surface area (Å²) in [5.41, 5.74) is 0.332. The van der Waals surface area contributed by atoms with E-state index in [0.717, 1.165) is 17.7 Å². The molecule has 2 fully saturated rings. The van der Waals surface area contributed by atoms with Crippen molar-refractivity contribution in [3.8, 4) is 11.5 Å². The number of hydrogen-bond acceptors (Lipinski definition) is 5. The van der Waals surface area contributed by atoms with Crippen LogP contribution in [0.2, 0.25) is 0 Å². The van der Waals surface area contributed by atoms with E-state index in [1.807, 2.05) is 6.07 Å². The number of piperidine rings is 1. The number of carbonyl (C=O) groups is 1. The first-order valence-electron chi connectivity index (χ1n) is 7.58. The van der Waals surface area contributed by atoms with E-state index in [1.165, 1.54) is 0 Å². The van der Waals surface area contributed by atoms with E-state index in [2.05, 4.69) is 5.32 Å². The van der Waals surface area contributed by atoms with Gasteiger partial charge in [0.1, 0.15) is 0 Å². The first kappa shape index (κ1) is 12.0. The van der Waals surface area contributed by atoms with Crippen molar-refractivity contribution in [1.29, 1.82) is 0 Å². The summed E-state index contributed by atoms with van der Waals surface area (Å²) in [7, 11) is 0. The van der Waals surface area contributed by atoms with Crippen molar-refractivity contribution < 1.29 is 19.7 Å². The van der Waals surface area contributed by atoms with Gasteiger partial charge in [-0.2, -0.15) is 0 Å². The monoisotopic (exact) mass is 287 g/mol. The van der Waals surface area contributed by atoms with Crippen molar-refractivity contribution in [2.75, 3.05) is 6.54 Å². The van der Waals surface area contributed by atoms with E-state index in [1.54, 1.807) is 6.07 Å². The highest BCUT2D eigenvalue weighted by Crippen LogP contribution is 2.63. The van der Waals surface area contributed by atoms with Gasteiger partial charge in [-0.3, -0.25) is 4.79 Å². The Morgan fingerprint density at radius 3 is 3.05 bits per heavy atom. The number of aromatic hydroxyl groups is 1. The van der Waals surface area contributed by atoms with Crippen LogP contribution < -0.4 is 10.1 Å². The Balaban J connectivity index is 1.89. The first-order valence-corrected chi connectivity index (χ1v) is 7.58. The molecule has 5 heteroatoms. The lowest BCUT2D eigenvalue weighted by atomic mass is 9.49. The van der Waals surface area contributed by atoms with Gasteiger partial charge in [-0.1, -0.05) is 6.07 Å². The van der Waals surface area contributed by atoms with Gasteiger partial charge in [0.05, 0.1) is 11.0 Å². The minimum Gasteiger partial charge on any atom is -0.504 e. The maximum absolute atomic E-state index is 12.4. The average Bonchev–Trinajstić information content (AvgIpc) is 2.80. The zero-order valence-electron chi connectivity index (χ0n) is 11.6. The minimum absolute atomic E-state index is 0.0452. The van der Waals surface area contributed by atoms with Gasteiger partial charge in [0.15, 0.2) is 23.4 Å². The smallest absolute Gasteiger partial charge is 0.174 e. The number of phenolic OH excluding ortho intramolecular Hbond substituents is 1. The molecule has 21 heavy (non-hydrogen) atoms. The lowest BCUT2D eigenvalue weighted by molar-refractivity contribution is -0.166. The van der Waals surface area contributed by atoms with Crippen LogP contribution in [-0.2, 0) is 16.6 Å². The van der Waals surface area contributed by atoms with Crippen LogP contribution in [0.3, 0.4) is 0 Å². The lowest BCUT2D eigenvalue weighted by Crippen LogP contribution is -2.76. The van der Waals surface area contributed by atoms with Crippen LogP contribution in [0.25, 0.3) is 0 Å². The second-order valence-electron chi connectivity index (χ2n) is 6.77. The number of hydrogen-bond donors (Lipinski definition) is 3. The molecule has 1 aromatic rings. The molecule has 4 atom stereocenters. The van der Waals surface area contributed by atoms with Crippen LogP contribution >= 0.6 is 0 Å². The number of Topliss-reactive ketones (excluding diaryl/α,β-unsaturated/α-hetero) is 1. The van der Waals surface area contributed by atoms with Gasteiger partial charge in [0.2, 0.25) is 0 Å². The molecule has 1 aromatic carbocycles. The van der Waals surface area contributed by atoms with Crippen LogP contribution in [0.5, 0.6) is 11.5 Å².